The van der Waals surface area contributed by atoms with E-state index in [4.69, 9.17) is 4.74 Å². The second-order valence-corrected chi connectivity index (χ2v) is 7.99. The van der Waals surface area contributed by atoms with E-state index in [2.05, 4.69) is 22.4 Å². The van der Waals surface area contributed by atoms with Crippen LogP contribution in [-0.2, 0) is 11.3 Å². The SMILES string of the molecule is CCOc1ccc(NC(=O)[C@@H](C)Sc2nnc(-c3cccs3)n2CC)cc1. The van der Waals surface area contributed by atoms with E-state index in [1.54, 1.807) is 11.3 Å². The Morgan fingerprint density at radius 3 is 2.67 bits per heavy atom. The Morgan fingerprint density at radius 1 is 1.26 bits per heavy atom. The average molecular weight is 403 g/mol. The predicted octanol–water partition coefficient (Wildman–Crippen LogP) is 4.54. The first-order valence-corrected chi connectivity index (χ1v) is 10.6. The fourth-order valence-electron chi connectivity index (χ4n) is 2.51. The minimum atomic E-state index is -0.303. The lowest BCUT2D eigenvalue weighted by Gasteiger charge is -2.13. The van der Waals surface area contributed by atoms with Gasteiger partial charge >= 0.3 is 0 Å². The monoisotopic (exact) mass is 402 g/mol. The van der Waals surface area contributed by atoms with Crippen LogP contribution in [0.15, 0.2) is 46.9 Å². The van der Waals surface area contributed by atoms with Gasteiger partial charge in [0.25, 0.3) is 0 Å². The van der Waals surface area contributed by atoms with Crippen LogP contribution in [0.3, 0.4) is 0 Å². The highest BCUT2D eigenvalue weighted by atomic mass is 32.2. The highest BCUT2D eigenvalue weighted by Crippen LogP contribution is 2.29. The summed E-state index contributed by atoms with van der Waals surface area (Å²) in [5.41, 5.74) is 0.743. The van der Waals surface area contributed by atoms with Gasteiger partial charge in [0.1, 0.15) is 5.75 Å². The maximum absolute atomic E-state index is 12.5. The van der Waals surface area contributed by atoms with Crippen molar-refractivity contribution in [3.63, 3.8) is 0 Å². The number of anilines is 1. The summed E-state index contributed by atoms with van der Waals surface area (Å²) in [6, 6.07) is 11.4. The normalized spacial score (nSPS) is 12.0. The van der Waals surface area contributed by atoms with Crippen molar-refractivity contribution in [1.29, 1.82) is 0 Å². The van der Waals surface area contributed by atoms with Gasteiger partial charge in [-0.05, 0) is 56.5 Å². The zero-order valence-electron chi connectivity index (χ0n) is 15.5. The number of hydrogen-bond acceptors (Lipinski definition) is 6. The van der Waals surface area contributed by atoms with Gasteiger partial charge in [0.2, 0.25) is 5.91 Å². The predicted molar refractivity (Wildman–Crippen MR) is 111 cm³/mol. The number of carbonyl (C=O) groups excluding carboxylic acids is 1. The van der Waals surface area contributed by atoms with Gasteiger partial charge in [0.15, 0.2) is 11.0 Å². The molecule has 2 aromatic heterocycles. The molecule has 0 aliphatic heterocycles. The van der Waals surface area contributed by atoms with E-state index < -0.39 is 0 Å². The molecule has 0 aliphatic rings. The van der Waals surface area contributed by atoms with Crippen LogP contribution in [0.1, 0.15) is 20.8 Å². The van der Waals surface area contributed by atoms with Gasteiger partial charge in [-0.3, -0.25) is 4.79 Å². The summed E-state index contributed by atoms with van der Waals surface area (Å²) in [6.45, 7) is 7.22. The van der Waals surface area contributed by atoms with Gasteiger partial charge in [0.05, 0.1) is 16.7 Å². The summed E-state index contributed by atoms with van der Waals surface area (Å²) in [5, 5.41) is 14.0. The van der Waals surface area contributed by atoms with Gasteiger partial charge in [0, 0.05) is 12.2 Å². The second kappa shape index (κ2) is 9.05. The second-order valence-electron chi connectivity index (χ2n) is 5.73. The smallest absolute Gasteiger partial charge is 0.237 e. The molecular weight excluding hydrogens is 380 g/mol. The number of ether oxygens (including phenoxy) is 1. The number of thioether (sulfide) groups is 1. The molecule has 1 atom stereocenters. The Hall–Kier alpha value is -2.32. The summed E-state index contributed by atoms with van der Waals surface area (Å²) in [6.07, 6.45) is 0. The molecule has 6 nitrogen and oxygen atoms in total. The van der Waals surface area contributed by atoms with E-state index in [0.717, 1.165) is 33.8 Å². The summed E-state index contributed by atoms with van der Waals surface area (Å²) in [7, 11) is 0. The van der Waals surface area contributed by atoms with Crippen molar-refractivity contribution in [2.24, 2.45) is 0 Å². The molecule has 3 aromatic rings. The van der Waals surface area contributed by atoms with Crippen molar-refractivity contribution < 1.29 is 9.53 Å². The molecule has 2 heterocycles. The lowest BCUT2D eigenvalue weighted by Crippen LogP contribution is -2.22. The van der Waals surface area contributed by atoms with Crippen molar-refractivity contribution in [2.75, 3.05) is 11.9 Å². The maximum atomic E-state index is 12.5. The van der Waals surface area contributed by atoms with E-state index in [9.17, 15) is 4.79 Å². The van der Waals surface area contributed by atoms with Gasteiger partial charge in [-0.1, -0.05) is 17.8 Å². The number of rotatable bonds is 8. The molecule has 0 saturated carbocycles. The van der Waals surface area contributed by atoms with Crippen molar-refractivity contribution in [3.8, 4) is 16.5 Å². The minimum absolute atomic E-state index is 0.0764. The van der Waals surface area contributed by atoms with Gasteiger partial charge in [-0.15, -0.1) is 21.5 Å². The van der Waals surface area contributed by atoms with Crippen molar-refractivity contribution in [1.82, 2.24) is 14.8 Å². The highest BCUT2D eigenvalue weighted by Gasteiger charge is 2.20. The van der Waals surface area contributed by atoms with Crippen LogP contribution < -0.4 is 10.1 Å². The molecule has 0 unspecified atom stereocenters. The number of thiophene rings is 1. The molecule has 27 heavy (non-hydrogen) atoms. The first kappa shape index (κ1) is 19.4. The highest BCUT2D eigenvalue weighted by molar-refractivity contribution is 8.00. The number of benzene rings is 1. The molecule has 1 aromatic carbocycles. The number of carbonyl (C=O) groups is 1. The fourth-order valence-corrected chi connectivity index (χ4v) is 4.14. The molecule has 0 spiro atoms. The van der Waals surface area contributed by atoms with Crippen LogP contribution in [0.2, 0.25) is 0 Å². The van der Waals surface area contributed by atoms with E-state index in [-0.39, 0.29) is 11.2 Å². The van der Waals surface area contributed by atoms with Gasteiger partial charge in [-0.25, -0.2) is 0 Å². The molecular formula is C19H22N4O2S2. The third-order valence-corrected chi connectivity index (χ3v) is 5.81. The fraction of sp³-hybridized carbons (Fsp3) is 0.316. The van der Waals surface area contributed by atoms with Crippen LogP contribution in [0.5, 0.6) is 5.75 Å². The lowest BCUT2D eigenvalue weighted by molar-refractivity contribution is -0.115. The lowest BCUT2D eigenvalue weighted by atomic mass is 10.3. The molecule has 0 radical (unpaired) electrons. The molecule has 1 N–H and O–H groups in total. The van der Waals surface area contributed by atoms with E-state index in [1.807, 2.05) is 60.2 Å². The minimum Gasteiger partial charge on any atom is -0.494 e. The molecule has 0 aliphatic carbocycles. The summed E-state index contributed by atoms with van der Waals surface area (Å²) >= 11 is 3.04. The first-order valence-electron chi connectivity index (χ1n) is 8.79. The van der Waals surface area contributed by atoms with Gasteiger partial charge < -0.3 is 14.6 Å². The molecule has 142 valence electrons. The topological polar surface area (TPSA) is 69.0 Å². The van der Waals surface area contributed by atoms with Crippen LogP contribution in [-0.4, -0.2) is 32.5 Å². The van der Waals surface area contributed by atoms with E-state index in [0.29, 0.717) is 6.61 Å². The summed E-state index contributed by atoms with van der Waals surface area (Å²) in [5.74, 6) is 1.55. The number of amides is 1. The van der Waals surface area contributed by atoms with Crippen molar-refractivity contribution in [3.05, 3.63) is 41.8 Å². The number of nitrogens with one attached hydrogen (secondary N) is 1. The Labute approximate surface area is 167 Å². The van der Waals surface area contributed by atoms with Crippen molar-refractivity contribution >= 4 is 34.7 Å². The van der Waals surface area contributed by atoms with Crippen LogP contribution in [0.25, 0.3) is 10.7 Å². The third kappa shape index (κ3) is 4.70. The van der Waals surface area contributed by atoms with E-state index in [1.165, 1.54) is 11.8 Å². The number of aromatic nitrogens is 3. The van der Waals surface area contributed by atoms with Crippen molar-refractivity contribution in [2.45, 2.75) is 37.7 Å². The quantitative estimate of drug-likeness (QED) is 0.560. The molecule has 0 bridgehead atoms. The van der Waals surface area contributed by atoms with Gasteiger partial charge in [-0.2, -0.15) is 0 Å². The maximum Gasteiger partial charge on any atom is 0.237 e. The largest absolute Gasteiger partial charge is 0.494 e. The number of hydrogen-bond donors (Lipinski definition) is 1. The average Bonchev–Trinajstić information content (AvgIpc) is 3.32. The Kier molecular flexibility index (Phi) is 6.52. The molecule has 0 saturated heterocycles. The molecule has 8 heteroatoms. The standard InChI is InChI=1S/C19H22N4O2S2/c1-4-23-17(16-7-6-12-26-16)21-22-19(23)27-13(3)18(24)20-14-8-10-15(11-9-14)25-5-2/h6-13H,4-5H2,1-3H3,(H,20,24)/t13-/m1/s1. The first-order chi connectivity index (χ1) is 13.1. The Morgan fingerprint density at radius 2 is 2.04 bits per heavy atom. The molecule has 3 rings (SSSR count). The molecule has 1 amide bonds. The number of nitrogens with zero attached hydrogens (tertiary/aromatic N) is 3. The van der Waals surface area contributed by atoms with Crippen LogP contribution in [0, 0.1) is 0 Å². The third-order valence-electron chi connectivity index (χ3n) is 3.86. The zero-order valence-corrected chi connectivity index (χ0v) is 17.1. The Bertz CT molecular complexity index is 876. The van der Waals surface area contributed by atoms with Crippen LogP contribution in [0.4, 0.5) is 5.69 Å². The van der Waals surface area contributed by atoms with E-state index >= 15 is 0 Å². The summed E-state index contributed by atoms with van der Waals surface area (Å²) in [4.78, 5) is 13.6. The molecule has 0 fully saturated rings. The Balaban J connectivity index is 1.66. The summed E-state index contributed by atoms with van der Waals surface area (Å²) < 4.78 is 7.46. The van der Waals surface area contributed by atoms with Crippen LogP contribution >= 0.6 is 23.1 Å². The zero-order chi connectivity index (χ0) is 19.2.